The molecule has 0 bridgehead atoms. The van der Waals surface area contributed by atoms with Crippen LogP contribution in [0.25, 0.3) is 0 Å². The third kappa shape index (κ3) is 2.80. The molecule has 2 N–H and O–H groups in total. The summed E-state index contributed by atoms with van der Waals surface area (Å²) in [5.74, 6) is 1.58. The lowest BCUT2D eigenvalue weighted by molar-refractivity contribution is 0.257. The average Bonchev–Trinajstić information content (AvgIpc) is 2.85. The summed E-state index contributed by atoms with van der Waals surface area (Å²) in [5, 5.41) is 8.25. The molecule has 0 amide bonds. The van der Waals surface area contributed by atoms with Crippen LogP contribution in [0.2, 0.25) is 5.02 Å². The summed E-state index contributed by atoms with van der Waals surface area (Å²) in [7, 11) is 0. The lowest BCUT2D eigenvalue weighted by Crippen LogP contribution is -2.03. The van der Waals surface area contributed by atoms with Gasteiger partial charge in [-0.2, -0.15) is 0 Å². The molecule has 0 aliphatic heterocycles. The van der Waals surface area contributed by atoms with Crippen LogP contribution in [-0.2, 0) is 19.6 Å². The number of aryl methyl sites for hydroxylation is 1. The molecular weight excluding hydrogens is 254 g/mol. The third-order valence-electron chi connectivity index (χ3n) is 2.42. The first-order chi connectivity index (χ1) is 8.74. The van der Waals surface area contributed by atoms with Gasteiger partial charge in [0.2, 0.25) is 5.89 Å². The Balaban J connectivity index is 2.10. The number of benzene rings is 1. The fraction of sp³-hybridized carbons (Fsp3) is 0.333. The monoisotopic (exact) mass is 267 g/mol. The van der Waals surface area contributed by atoms with E-state index in [1.807, 2.05) is 19.1 Å². The minimum absolute atomic E-state index is 0.184. The molecule has 0 saturated carbocycles. The summed E-state index contributed by atoms with van der Waals surface area (Å²) in [6.07, 6.45) is 0.702. The number of para-hydroxylation sites is 1. The van der Waals surface area contributed by atoms with Crippen LogP contribution in [0.15, 0.2) is 22.6 Å². The molecule has 0 unspecified atom stereocenters. The molecule has 0 aliphatic rings. The van der Waals surface area contributed by atoms with E-state index < -0.39 is 0 Å². The van der Waals surface area contributed by atoms with Crippen molar-refractivity contribution in [3.05, 3.63) is 40.6 Å². The van der Waals surface area contributed by atoms with E-state index >= 15 is 0 Å². The molecule has 96 valence electrons. The zero-order valence-corrected chi connectivity index (χ0v) is 10.8. The fourth-order valence-electron chi connectivity index (χ4n) is 1.50. The van der Waals surface area contributed by atoms with Crippen LogP contribution >= 0.6 is 11.6 Å². The van der Waals surface area contributed by atoms with E-state index in [4.69, 9.17) is 26.5 Å². The van der Waals surface area contributed by atoms with E-state index in [9.17, 15) is 0 Å². The van der Waals surface area contributed by atoms with Crippen molar-refractivity contribution in [3.63, 3.8) is 0 Å². The third-order valence-corrected chi connectivity index (χ3v) is 2.72. The zero-order chi connectivity index (χ0) is 13.0. The maximum absolute atomic E-state index is 6.06. The first-order valence-electron chi connectivity index (χ1n) is 5.66. The smallest absolute Gasteiger partial charge is 0.253 e. The van der Waals surface area contributed by atoms with Gasteiger partial charge in [0, 0.05) is 18.5 Å². The molecular formula is C12H14ClN3O2. The lowest BCUT2D eigenvalue weighted by Gasteiger charge is -2.10. The quantitative estimate of drug-likeness (QED) is 0.900. The van der Waals surface area contributed by atoms with Gasteiger partial charge in [0.1, 0.15) is 5.75 Å². The van der Waals surface area contributed by atoms with Gasteiger partial charge in [0.15, 0.2) is 6.61 Å². The van der Waals surface area contributed by atoms with E-state index in [2.05, 4.69) is 10.2 Å². The minimum Gasteiger partial charge on any atom is -0.482 e. The van der Waals surface area contributed by atoms with Gasteiger partial charge in [-0.15, -0.1) is 10.2 Å². The Morgan fingerprint density at radius 3 is 2.78 bits per heavy atom. The van der Waals surface area contributed by atoms with E-state index in [0.29, 0.717) is 35.5 Å². The first kappa shape index (κ1) is 12.9. The van der Waals surface area contributed by atoms with Crippen molar-refractivity contribution in [2.24, 2.45) is 5.73 Å². The van der Waals surface area contributed by atoms with Crippen LogP contribution in [-0.4, -0.2) is 10.2 Å². The van der Waals surface area contributed by atoms with Crippen molar-refractivity contribution in [2.75, 3.05) is 0 Å². The van der Waals surface area contributed by atoms with Gasteiger partial charge in [0.05, 0.1) is 5.02 Å². The van der Waals surface area contributed by atoms with Crippen LogP contribution in [0.4, 0.5) is 0 Å². The van der Waals surface area contributed by atoms with Crippen molar-refractivity contribution < 1.29 is 9.15 Å². The van der Waals surface area contributed by atoms with Gasteiger partial charge in [0.25, 0.3) is 5.89 Å². The highest BCUT2D eigenvalue weighted by Crippen LogP contribution is 2.28. The van der Waals surface area contributed by atoms with Crippen molar-refractivity contribution in [2.45, 2.75) is 26.5 Å². The van der Waals surface area contributed by atoms with Crippen LogP contribution in [0.1, 0.15) is 24.3 Å². The summed E-state index contributed by atoms with van der Waals surface area (Å²) in [4.78, 5) is 0. The maximum atomic E-state index is 6.06. The highest BCUT2D eigenvalue weighted by molar-refractivity contribution is 6.32. The van der Waals surface area contributed by atoms with Crippen molar-refractivity contribution in [1.29, 1.82) is 0 Å². The van der Waals surface area contributed by atoms with Crippen LogP contribution in [0, 0.1) is 0 Å². The van der Waals surface area contributed by atoms with Crippen LogP contribution < -0.4 is 10.5 Å². The number of nitrogens with zero attached hydrogens (tertiary/aromatic N) is 2. The first-order valence-corrected chi connectivity index (χ1v) is 6.04. The molecule has 2 rings (SSSR count). The van der Waals surface area contributed by atoms with Crippen LogP contribution in [0.3, 0.4) is 0 Å². The summed E-state index contributed by atoms with van der Waals surface area (Å²) >= 11 is 6.06. The number of halogens is 1. The molecule has 0 aliphatic carbocycles. The van der Waals surface area contributed by atoms with E-state index in [-0.39, 0.29) is 6.61 Å². The number of ether oxygens (including phenoxy) is 1. The SMILES string of the molecule is CCc1nnc(COc2c(Cl)cccc2CN)o1. The van der Waals surface area contributed by atoms with Gasteiger partial charge in [-0.25, -0.2) is 0 Å². The normalized spacial score (nSPS) is 10.6. The molecule has 0 radical (unpaired) electrons. The van der Waals surface area contributed by atoms with Gasteiger partial charge < -0.3 is 14.9 Å². The second kappa shape index (κ2) is 5.84. The number of nitrogens with two attached hydrogens (primary N) is 1. The largest absolute Gasteiger partial charge is 0.482 e. The van der Waals surface area contributed by atoms with Crippen molar-refractivity contribution >= 4 is 11.6 Å². The summed E-state index contributed by atoms with van der Waals surface area (Å²) in [5.41, 5.74) is 6.47. The molecule has 0 spiro atoms. The molecule has 1 heterocycles. The molecule has 6 heteroatoms. The second-order valence-corrected chi connectivity index (χ2v) is 4.07. The van der Waals surface area contributed by atoms with E-state index in [0.717, 1.165) is 5.56 Å². The standard InChI is InChI=1S/C12H14ClN3O2/c1-2-10-15-16-11(18-10)7-17-12-8(6-14)4-3-5-9(12)13/h3-5H,2,6-7,14H2,1H3. The molecule has 1 aromatic heterocycles. The second-order valence-electron chi connectivity index (χ2n) is 3.66. The Kier molecular flexibility index (Phi) is 4.17. The molecule has 0 saturated heterocycles. The summed E-state index contributed by atoms with van der Waals surface area (Å²) in [6, 6.07) is 5.45. The van der Waals surface area contributed by atoms with Crippen LogP contribution in [0.5, 0.6) is 5.75 Å². The Morgan fingerprint density at radius 2 is 2.11 bits per heavy atom. The molecule has 18 heavy (non-hydrogen) atoms. The lowest BCUT2D eigenvalue weighted by atomic mass is 10.2. The van der Waals surface area contributed by atoms with Gasteiger partial charge >= 0.3 is 0 Å². The Bertz CT molecular complexity index is 528. The zero-order valence-electron chi connectivity index (χ0n) is 10.0. The maximum Gasteiger partial charge on any atom is 0.253 e. The minimum atomic E-state index is 0.184. The Morgan fingerprint density at radius 1 is 1.33 bits per heavy atom. The predicted molar refractivity (Wildman–Crippen MR) is 67.4 cm³/mol. The predicted octanol–water partition coefficient (Wildman–Crippen LogP) is 2.32. The molecule has 0 atom stereocenters. The molecule has 1 aromatic carbocycles. The number of hydrogen-bond acceptors (Lipinski definition) is 5. The van der Waals surface area contributed by atoms with Crippen molar-refractivity contribution in [1.82, 2.24) is 10.2 Å². The Labute approximate surface area is 110 Å². The number of aromatic nitrogens is 2. The molecule has 0 fully saturated rings. The molecule has 2 aromatic rings. The average molecular weight is 268 g/mol. The van der Waals surface area contributed by atoms with Gasteiger partial charge in [-0.05, 0) is 6.07 Å². The molecule has 5 nitrogen and oxygen atoms in total. The number of hydrogen-bond donors (Lipinski definition) is 1. The summed E-state index contributed by atoms with van der Waals surface area (Å²) in [6.45, 7) is 2.49. The van der Waals surface area contributed by atoms with Crippen molar-refractivity contribution in [3.8, 4) is 5.75 Å². The fourth-order valence-corrected chi connectivity index (χ4v) is 1.75. The Hall–Kier alpha value is -1.59. The highest BCUT2D eigenvalue weighted by atomic mass is 35.5. The van der Waals surface area contributed by atoms with Gasteiger partial charge in [-0.3, -0.25) is 0 Å². The topological polar surface area (TPSA) is 74.2 Å². The highest BCUT2D eigenvalue weighted by Gasteiger charge is 2.10. The van der Waals surface area contributed by atoms with E-state index in [1.54, 1.807) is 6.07 Å². The number of rotatable bonds is 5. The summed E-state index contributed by atoms with van der Waals surface area (Å²) < 4.78 is 10.9. The van der Waals surface area contributed by atoms with Gasteiger partial charge in [-0.1, -0.05) is 30.7 Å². The van der Waals surface area contributed by atoms with E-state index in [1.165, 1.54) is 0 Å².